The molecule has 0 amide bonds. The Labute approximate surface area is 193 Å². The molecular weight excluding hydrogens is 414 g/mol. The van der Waals surface area contributed by atoms with Gasteiger partial charge in [0, 0.05) is 18.7 Å². The van der Waals surface area contributed by atoms with Gasteiger partial charge < -0.3 is 15.4 Å². The number of aryl methyl sites for hydroxylation is 2. The second-order valence-corrected chi connectivity index (χ2v) is 7.89. The zero-order valence-electron chi connectivity index (χ0n) is 19.0. The molecule has 3 aromatic carbocycles. The third-order valence-corrected chi connectivity index (χ3v) is 5.26. The quantitative estimate of drug-likeness (QED) is 0.408. The first-order chi connectivity index (χ1) is 16.0. The average Bonchev–Trinajstić information content (AvgIpc) is 3.26. The SMILES string of the molecule is COc1cccc(C(=O)n2nc(NCc3ccc(C)cc3)nc2NCc2ccc(C)cc2)c1. The Morgan fingerprint density at radius 2 is 1.48 bits per heavy atom. The van der Waals surface area contributed by atoms with E-state index in [0.29, 0.717) is 36.3 Å². The van der Waals surface area contributed by atoms with Gasteiger partial charge in [-0.1, -0.05) is 65.7 Å². The number of ether oxygens (including phenoxy) is 1. The largest absolute Gasteiger partial charge is 0.497 e. The molecule has 0 radical (unpaired) electrons. The fourth-order valence-electron chi connectivity index (χ4n) is 3.30. The van der Waals surface area contributed by atoms with Gasteiger partial charge in [0.2, 0.25) is 11.9 Å². The van der Waals surface area contributed by atoms with Crippen molar-refractivity contribution in [1.82, 2.24) is 14.8 Å². The number of methoxy groups -OCH3 is 1. The molecule has 2 N–H and O–H groups in total. The molecule has 0 saturated carbocycles. The number of hydrogen-bond acceptors (Lipinski definition) is 6. The highest BCUT2D eigenvalue weighted by Crippen LogP contribution is 2.18. The lowest BCUT2D eigenvalue weighted by Gasteiger charge is -2.08. The minimum absolute atomic E-state index is 0.295. The van der Waals surface area contributed by atoms with Gasteiger partial charge in [-0.2, -0.15) is 9.67 Å². The van der Waals surface area contributed by atoms with Crippen LogP contribution in [0.15, 0.2) is 72.8 Å². The summed E-state index contributed by atoms with van der Waals surface area (Å²) in [4.78, 5) is 17.8. The Kier molecular flexibility index (Phi) is 6.69. The van der Waals surface area contributed by atoms with Gasteiger partial charge in [0.15, 0.2) is 0 Å². The Morgan fingerprint density at radius 1 is 0.879 bits per heavy atom. The molecular formula is C26H27N5O2. The molecule has 0 atom stereocenters. The molecule has 7 nitrogen and oxygen atoms in total. The Hall–Kier alpha value is -4.13. The minimum atomic E-state index is -0.295. The van der Waals surface area contributed by atoms with E-state index < -0.39 is 0 Å². The Morgan fingerprint density at radius 3 is 2.09 bits per heavy atom. The highest BCUT2D eigenvalue weighted by molar-refractivity contribution is 5.97. The Bertz CT molecular complexity index is 1230. The summed E-state index contributed by atoms with van der Waals surface area (Å²) >= 11 is 0. The summed E-state index contributed by atoms with van der Waals surface area (Å²) in [6.07, 6.45) is 0. The van der Waals surface area contributed by atoms with E-state index in [0.717, 1.165) is 11.1 Å². The van der Waals surface area contributed by atoms with Crippen molar-refractivity contribution >= 4 is 17.8 Å². The molecule has 0 aliphatic carbocycles. The van der Waals surface area contributed by atoms with Crippen molar-refractivity contribution in [2.24, 2.45) is 0 Å². The number of carbonyl (C=O) groups excluding carboxylic acids is 1. The number of rotatable bonds is 8. The van der Waals surface area contributed by atoms with Crippen LogP contribution in [0.1, 0.15) is 32.6 Å². The summed E-state index contributed by atoms with van der Waals surface area (Å²) in [5.74, 6) is 1.05. The maximum atomic E-state index is 13.3. The highest BCUT2D eigenvalue weighted by atomic mass is 16.5. The normalized spacial score (nSPS) is 10.6. The molecule has 0 spiro atoms. The van der Waals surface area contributed by atoms with E-state index in [2.05, 4.69) is 64.0 Å². The molecule has 4 aromatic rings. The lowest BCUT2D eigenvalue weighted by Crippen LogP contribution is -2.17. The average molecular weight is 442 g/mol. The van der Waals surface area contributed by atoms with Crippen molar-refractivity contribution in [2.45, 2.75) is 26.9 Å². The fourth-order valence-corrected chi connectivity index (χ4v) is 3.30. The summed E-state index contributed by atoms with van der Waals surface area (Å²) in [6, 6.07) is 23.4. The van der Waals surface area contributed by atoms with E-state index in [1.807, 2.05) is 19.1 Å². The van der Waals surface area contributed by atoms with Crippen molar-refractivity contribution in [3.63, 3.8) is 0 Å². The molecule has 0 bridgehead atoms. The molecule has 0 aliphatic rings. The van der Waals surface area contributed by atoms with Crippen LogP contribution in [0.4, 0.5) is 11.9 Å². The molecule has 0 aliphatic heterocycles. The lowest BCUT2D eigenvalue weighted by molar-refractivity contribution is 0.0947. The van der Waals surface area contributed by atoms with Crippen LogP contribution in [0.5, 0.6) is 5.75 Å². The van der Waals surface area contributed by atoms with E-state index in [4.69, 9.17) is 4.74 Å². The number of anilines is 2. The first-order valence-corrected chi connectivity index (χ1v) is 10.8. The highest BCUT2D eigenvalue weighted by Gasteiger charge is 2.18. The summed E-state index contributed by atoms with van der Waals surface area (Å²) in [7, 11) is 1.57. The van der Waals surface area contributed by atoms with E-state index >= 15 is 0 Å². The smallest absolute Gasteiger partial charge is 0.281 e. The van der Waals surface area contributed by atoms with Crippen molar-refractivity contribution in [1.29, 1.82) is 0 Å². The maximum Gasteiger partial charge on any atom is 0.281 e. The molecule has 7 heteroatoms. The van der Waals surface area contributed by atoms with Crippen LogP contribution >= 0.6 is 0 Å². The zero-order chi connectivity index (χ0) is 23.2. The van der Waals surface area contributed by atoms with Crippen molar-refractivity contribution < 1.29 is 9.53 Å². The summed E-state index contributed by atoms with van der Waals surface area (Å²) in [5, 5.41) is 10.9. The van der Waals surface area contributed by atoms with Crippen molar-refractivity contribution in [3.05, 3.63) is 101 Å². The van der Waals surface area contributed by atoms with Crippen LogP contribution in [-0.4, -0.2) is 27.8 Å². The van der Waals surface area contributed by atoms with Gasteiger partial charge in [0.1, 0.15) is 5.75 Å². The van der Waals surface area contributed by atoms with Crippen LogP contribution in [0.25, 0.3) is 0 Å². The number of hydrogen-bond donors (Lipinski definition) is 2. The minimum Gasteiger partial charge on any atom is -0.497 e. The van der Waals surface area contributed by atoms with Gasteiger partial charge in [-0.3, -0.25) is 4.79 Å². The molecule has 33 heavy (non-hydrogen) atoms. The number of nitrogens with one attached hydrogen (secondary N) is 2. The van der Waals surface area contributed by atoms with Gasteiger partial charge in [-0.05, 0) is 43.2 Å². The first kappa shape index (κ1) is 22.1. The van der Waals surface area contributed by atoms with Crippen LogP contribution in [0.3, 0.4) is 0 Å². The van der Waals surface area contributed by atoms with E-state index in [1.165, 1.54) is 15.8 Å². The summed E-state index contributed by atoms with van der Waals surface area (Å²) in [6.45, 7) is 5.17. The molecule has 0 unspecified atom stereocenters. The Balaban J connectivity index is 1.57. The van der Waals surface area contributed by atoms with Crippen molar-refractivity contribution in [3.8, 4) is 5.75 Å². The first-order valence-electron chi connectivity index (χ1n) is 10.8. The predicted molar refractivity (Wildman–Crippen MR) is 130 cm³/mol. The predicted octanol–water partition coefficient (Wildman–Crippen LogP) is 4.82. The molecule has 1 heterocycles. The summed E-state index contributed by atoms with van der Waals surface area (Å²) in [5.41, 5.74) is 5.04. The number of aromatic nitrogens is 3. The topological polar surface area (TPSA) is 81.1 Å². The number of nitrogens with zero attached hydrogens (tertiary/aromatic N) is 3. The van der Waals surface area contributed by atoms with Crippen LogP contribution in [-0.2, 0) is 13.1 Å². The third kappa shape index (κ3) is 5.57. The fraction of sp³-hybridized carbons (Fsp3) is 0.192. The maximum absolute atomic E-state index is 13.3. The monoisotopic (exact) mass is 441 g/mol. The molecule has 4 rings (SSSR count). The van der Waals surface area contributed by atoms with E-state index in [-0.39, 0.29) is 5.91 Å². The third-order valence-electron chi connectivity index (χ3n) is 5.26. The van der Waals surface area contributed by atoms with Crippen LogP contribution < -0.4 is 15.4 Å². The summed E-state index contributed by atoms with van der Waals surface area (Å²) < 4.78 is 6.55. The van der Waals surface area contributed by atoms with E-state index in [9.17, 15) is 4.79 Å². The zero-order valence-corrected chi connectivity index (χ0v) is 19.0. The van der Waals surface area contributed by atoms with Crippen LogP contribution in [0, 0.1) is 13.8 Å². The van der Waals surface area contributed by atoms with Gasteiger partial charge >= 0.3 is 0 Å². The van der Waals surface area contributed by atoms with Gasteiger partial charge in [0.25, 0.3) is 5.91 Å². The molecule has 0 fully saturated rings. The van der Waals surface area contributed by atoms with Gasteiger partial charge in [-0.25, -0.2) is 0 Å². The second-order valence-electron chi connectivity index (χ2n) is 7.89. The van der Waals surface area contributed by atoms with Crippen LogP contribution in [0.2, 0.25) is 0 Å². The lowest BCUT2D eigenvalue weighted by atomic mass is 10.1. The standard InChI is InChI=1S/C26H27N5O2/c1-18-7-11-20(12-8-18)16-27-25-29-26(28-17-21-13-9-19(2)10-14-21)31(30-25)24(32)22-5-4-6-23(15-22)33-3/h4-15H,16-17H2,1-3H3,(H2,27,28,29,30). The van der Waals surface area contributed by atoms with Crippen molar-refractivity contribution in [2.75, 3.05) is 17.7 Å². The molecule has 0 saturated heterocycles. The van der Waals surface area contributed by atoms with E-state index in [1.54, 1.807) is 31.4 Å². The van der Waals surface area contributed by atoms with Gasteiger partial charge in [0.05, 0.1) is 7.11 Å². The molecule has 168 valence electrons. The molecule has 1 aromatic heterocycles. The number of benzene rings is 3. The second kappa shape index (κ2) is 9.99. The van der Waals surface area contributed by atoms with Gasteiger partial charge in [-0.15, -0.1) is 5.10 Å². The number of carbonyl (C=O) groups is 1.